The molecule has 1 heterocycles. The summed E-state index contributed by atoms with van der Waals surface area (Å²) in [7, 11) is -1.49. The van der Waals surface area contributed by atoms with Gasteiger partial charge in [0.25, 0.3) is 0 Å². The zero-order chi connectivity index (χ0) is 22.8. The first-order chi connectivity index (χ1) is 16.7. The Morgan fingerprint density at radius 2 is 1.41 bits per heavy atom. The van der Waals surface area contributed by atoms with Crippen molar-refractivity contribution in [1.29, 1.82) is 0 Å². The Hall–Kier alpha value is -3.86. The number of allylic oxidation sites excluding steroid dienone is 2. The zero-order valence-electron chi connectivity index (χ0n) is 18.5. The Labute approximate surface area is 199 Å². The van der Waals surface area contributed by atoms with Gasteiger partial charge >= 0.3 is 7.12 Å². The minimum absolute atomic E-state index is 0.258. The summed E-state index contributed by atoms with van der Waals surface area (Å²) in [5, 5.41) is 20.0. The summed E-state index contributed by atoms with van der Waals surface area (Å²) in [5.74, 6) is 0.289. The fraction of sp³-hybridized carbons (Fsp3) is 0.0667. The van der Waals surface area contributed by atoms with Crippen molar-refractivity contribution in [1.82, 2.24) is 0 Å². The standard InChI is InChI=1S/C30H22BNO2/c33-31(34)26-14-7-13-24-23-12-6-11-21(29(23)30(24)26)19-16-17-28-25(18-19)22-10-4-5-15-27(22)32(28)20-8-2-1-3-9-20/h1-18,22,27,33-34H. The van der Waals surface area contributed by atoms with Crippen molar-refractivity contribution in [2.45, 2.75) is 12.0 Å². The lowest BCUT2D eigenvalue weighted by Gasteiger charge is -2.29. The average molecular weight is 439 g/mol. The number of benzene rings is 4. The summed E-state index contributed by atoms with van der Waals surface area (Å²) in [5.41, 5.74) is 10.9. The van der Waals surface area contributed by atoms with Crippen LogP contribution in [0.4, 0.5) is 11.4 Å². The lowest BCUT2D eigenvalue weighted by atomic mass is 9.66. The smallest absolute Gasteiger partial charge is 0.423 e. The van der Waals surface area contributed by atoms with Gasteiger partial charge in [-0.3, -0.25) is 0 Å². The van der Waals surface area contributed by atoms with Gasteiger partial charge in [0, 0.05) is 17.3 Å². The molecule has 0 aromatic heterocycles. The van der Waals surface area contributed by atoms with Gasteiger partial charge in [-0.25, -0.2) is 0 Å². The van der Waals surface area contributed by atoms with Crippen LogP contribution in [0.3, 0.4) is 0 Å². The highest BCUT2D eigenvalue weighted by Gasteiger charge is 2.38. The van der Waals surface area contributed by atoms with E-state index in [2.05, 4.69) is 102 Å². The van der Waals surface area contributed by atoms with Crippen LogP contribution in [0.2, 0.25) is 0 Å². The normalized spacial score (nSPS) is 18.6. The van der Waals surface area contributed by atoms with E-state index in [1.165, 1.54) is 22.5 Å². The Morgan fingerprint density at radius 1 is 0.676 bits per heavy atom. The summed E-state index contributed by atoms with van der Waals surface area (Å²) in [4.78, 5) is 2.43. The average Bonchev–Trinajstić information content (AvgIpc) is 3.20. The highest BCUT2D eigenvalue weighted by atomic mass is 16.4. The fourth-order valence-electron chi connectivity index (χ4n) is 5.91. The number of fused-ring (bicyclic) bond motifs is 7. The van der Waals surface area contributed by atoms with E-state index in [9.17, 15) is 10.0 Å². The quantitative estimate of drug-likeness (QED) is 0.370. The van der Waals surface area contributed by atoms with Crippen molar-refractivity contribution >= 4 is 24.0 Å². The summed E-state index contributed by atoms with van der Waals surface area (Å²) in [6.45, 7) is 0. The molecule has 1 aliphatic heterocycles. The maximum Gasteiger partial charge on any atom is 0.489 e. The highest BCUT2D eigenvalue weighted by molar-refractivity contribution is 6.61. The van der Waals surface area contributed by atoms with Gasteiger partial charge in [-0.2, -0.15) is 0 Å². The lowest BCUT2D eigenvalue weighted by molar-refractivity contribution is 0.426. The number of anilines is 2. The van der Waals surface area contributed by atoms with Crippen LogP contribution in [-0.2, 0) is 0 Å². The summed E-state index contributed by atoms with van der Waals surface area (Å²) in [6, 6.07) is 29.7. The second kappa shape index (κ2) is 7.32. The molecule has 0 amide bonds. The van der Waals surface area contributed by atoms with Crippen LogP contribution in [0.25, 0.3) is 33.4 Å². The molecule has 2 aliphatic carbocycles. The predicted octanol–water partition coefficient (Wildman–Crippen LogP) is 5.41. The first-order valence-electron chi connectivity index (χ1n) is 11.7. The third kappa shape index (κ3) is 2.67. The molecular weight excluding hydrogens is 417 g/mol. The van der Waals surface area contributed by atoms with Crippen molar-refractivity contribution in [2.75, 3.05) is 4.90 Å². The van der Waals surface area contributed by atoms with Crippen LogP contribution >= 0.6 is 0 Å². The lowest BCUT2D eigenvalue weighted by Crippen LogP contribution is -2.33. The maximum absolute atomic E-state index is 9.98. The molecule has 0 fully saturated rings. The monoisotopic (exact) mass is 439 g/mol. The van der Waals surface area contributed by atoms with E-state index in [0.29, 0.717) is 5.46 Å². The minimum Gasteiger partial charge on any atom is -0.423 e. The van der Waals surface area contributed by atoms with Crippen molar-refractivity contribution in [2.24, 2.45) is 0 Å². The van der Waals surface area contributed by atoms with Gasteiger partial charge in [0.1, 0.15) is 0 Å². The van der Waals surface area contributed by atoms with E-state index < -0.39 is 7.12 Å². The van der Waals surface area contributed by atoms with Crippen LogP contribution in [0.15, 0.2) is 109 Å². The van der Waals surface area contributed by atoms with E-state index >= 15 is 0 Å². The van der Waals surface area contributed by atoms with Crippen molar-refractivity contribution in [3.8, 4) is 33.4 Å². The largest absolute Gasteiger partial charge is 0.489 e. The molecule has 0 spiro atoms. The first-order valence-corrected chi connectivity index (χ1v) is 11.7. The molecule has 4 heteroatoms. The highest BCUT2D eigenvalue weighted by Crippen LogP contribution is 2.53. The van der Waals surface area contributed by atoms with E-state index in [1.54, 1.807) is 6.07 Å². The summed E-state index contributed by atoms with van der Waals surface area (Å²) in [6.07, 6.45) is 8.88. The molecule has 0 saturated carbocycles. The second-order valence-corrected chi connectivity index (χ2v) is 9.14. The van der Waals surface area contributed by atoms with Crippen LogP contribution in [0, 0.1) is 0 Å². The molecule has 162 valence electrons. The molecule has 7 rings (SSSR count). The molecule has 0 radical (unpaired) electrons. The van der Waals surface area contributed by atoms with Gasteiger partial charge in [0.05, 0.1) is 6.04 Å². The molecule has 4 aromatic rings. The third-order valence-corrected chi connectivity index (χ3v) is 7.37. The molecular formula is C30H22BNO2. The molecule has 2 unspecified atom stereocenters. The molecule has 2 atom stereocenters. The van der Waals surface area contributed by atoms with E-state index in [1.807, 2.05) is 6.07 Å². The number of rotatable bonds is 3. The Bertz CT molecular complexity index is 1510. The number of hydrogen-bond donors (Lipinski definition) is 2. The van der Waals surface area contributed by atoms with Gasteiger partial charge in [-0.05, 0) is 68.7 Å². The molecule has 3 nitrogen and oxygen atoms in total. The van der Waals surface area contributed by atoms with Gasteiger partial charge in [0.15, 0.2) is 0 Å². The van der Waals surface area contributed by atoms with Crippen LogP contribution in [0.1, 0.15) is 11.5 Å². The van der Waals surface area contributed by atoms with Gasteiger partial charge in [-0.15, -0.1) is 0 Å². The molecule has 3 aliphatic rings. The first kappa shape index (κ1) is 19.6. The molecule has 4 aromatic carbocycles. The third-order valence-electron chi connectivity index (χ3n) is 7.37. The summed E-state index contributed by atoms with van der Waals surface area (Å²) < 4.78 is 0. The zero-order valence-corrected chi connectivity index (χ0v) is 18.5. The Morgan fingerprint density at radius 3 is 2.24 bits per heavy atom. The van der Waals surface area contributed by atoms with Crippen LogP contribution < -0.4 is 10.4 Å². The maximum atomic E-state index is 9.98. The second-order valence-electron chi connectivity index (χ2n) is 9.14. The topological polar surface area (TPSA) is 43.7 Å². The number of nitrogens with zero attached hydrogens (tertiary/aromatic N) is 1. The van der Waals surface area contributed by atoms with Gasteiger partial charge in [0.2, 0.25) is 0 Å². The van der Waals surface area contributed by atoms with Crippen molar-refractivity contribution < 1.29 is 10.0 Å². The minimum atomic E-state index is -1.49. The van der Waals surface area contributed by atoms with Gasteiger partial charge < -0.3 is 14.9 Å². The predicted molar refractivity (Wildman–Crippen MR) is 140 cm³/mol. The molecule has 0 saturated heterocycles. The van der Waals surface area contributed by atoms with Crippen LogP contribution in [-0.4, -0.2) is 23.2 Å². The van der Waals surface area contributed by atoms with Crippen molar-refractivity contribution in [3.63, 3.8) is 0 Å². The molecule has 2 N–H and O–H groups in total. The number of hydrogen-bond acceptors (Lipinski definition) is 3. The SMILES string of the molecule is OB(O)c1cccc2c1-c1c(-c3ccc4c(c3)C3C=CC=CC3N4c3ccccc3)cccc1-2. The van der Waals surface area contributed by atoms with E-state index in [-0.39, 0.29) is 12.0 Å². The van der Waals surface area contributed by atoms with E-state index in [4.69, 9.17) is 0 Å². The number of para-hydroxylation sites is 1. The Balaban J connectivity index is 1.39. The Kier molecular flexibility index (Phi) is 4.22. The molecule has 34 heavy (non-hydrogen) atoms. The fourth-order valence-corrected chi connectivity index (χ4v) is 5.91. The van der Waals surface area contributed by atoms with Crippen molar-refractivity contribution in [3.05, 3.63) is 115 Å². The van der Waals surface area contributed by atoms with Crippen LogP contribution in [0.5, 0.6) is 0 Å². The van der Waals surface area contributed by atoms with Gasteiger partial charge in [-0.1, -0.05) is 85.0 Å². The summed E-state index contributed by atoms with van der Waals surface area (Å²) >= 11 is 0. The van der Waals surface area contributed by atoms with E-state index in [0.717, 1.165) is 27.8 Å². The molecule has 0 bridgehead atoms.